The molecule has 21 heavy (non-hydrogen) atoms. The molecule has 6 heteroatoms. The number of amides is 1. The maximum absolute atomic E-state index is 12.2. The van der Waals surface area contributed by atoms with Gasteiger partial charge in [0.1, 0.15) is 6.04 Å². The lowest BCUT2D eigenvalue weighted by atomic mass is 9.98. The first-order valence-corrected chi connectivity index (χ1v) is 8.36. The van der Waals surface area contributed by atoms with Crippen molar-refractivity contribution in [1.82, 2.24) is 10.6 Å². The highest BCUT2D eigenvalue weighted by atomic mass is 32.2. The van der Waals surface area contributed by atoms with Crippen molar-refractivity contribution < 1.29 is 14.7 Å². The SMILES string of the molecule is CSCC[C@@H](NC(=O)c1ccc2c(c1)CNCC2)C(=O)O. The van der Waals surface area contributed by atoms with E-state index in [1.54, 1.807) is 17.8 Å². The summed E-state index contributed by atoms with van der Waals surface area (Å²) >= 11 is 1.57. The van der Waals surface area contributed by atoms with Gasteiger partial charge >= 0.3 is 5.97 Å². The van der Waals surface area contributed by atoms with Gasteiger partial charge in [0, 0.05) is 12.1 Å². The molecule has 3 N–H and O–H groups in total. The maximum Gasteiger partial charge on any atom is 0.326 e. The summed E-state index contributed by atoms with van der Waals surface area (Å²) in [7, 11) is 0. The predicted molar refractivity (Wildman–Crippen MR) is 83.7 cm³/mol. The first-order chi connectivity index (χ1) is 10.1. The number of hydrogen-bond donors (Lipinski definition) is 3. The summed E-state index contributed by atoms with van der Waals surface area (Å²) in [6, 6.07) is 4.75. The molecule has 0 radical (unpaired) electrons. The number of carboxylic acids is 1. The second kappa shape index (κ2) is 7.47. The lowest BCUT2D eigenvalue weighted by Gasteiger charge is -2.18. The monoisotopic (exact) mass is 308 g/mol. The van der Waals surface area contributed by atoms with E-state index in [1.807, 2.05) is 18.4 Å². The first-order valence-electron chi connectivity index (χ1n) is 6.97. The Bertz CT molecular complexity index is 534. The number of hydrogen-bond acceptors (Lipinski definition) is 4. The number of rotatable bonds is 6. The summed E-state index contributed by atoms with van der Waals surface area (Å²) in [5.74, 6) is -0.611. The molecule has 1 atom stereocenters. The lowest BCUT2D eigenvalue weighted by Crippen LogP contribution is -2.41. The molecule has 0 saturated carbocycles. The third-order valence-electron chi connectivity index (χ3n) is 3.57. The molecule has 0 fully saturated rings. The third-order valence-corrected chi connectivity index (χ3v) is 4.21. The standard InChI is InChI=1S/C15H20N2O3S/c1-21-7-5-13(15(19)20)17-14(18)11-3-2-10-4-6-16-9-12(10)8-11/h2-3,8,13,16H,4-7,9H2,1H3,(H,17,18)(H,19,20)/t13-/m1/s1. The molecule has 1 aliphatic heterocycles. The van der Waals surface area contributed by atoms with E-state index in [2.05, 4.69) is 10.6 Å². The van der Waals surface area contributed by atoms with E-state index in [-0.39, 0.29) is 5.91 Å². The van der Waals surface area contributed by atoms with Crippen LogP contribution in [0.25, 0.3) is 0 Å². The molecule has 1 aromatic rings. The van der Waals surface area contributed by atoms with Crippen LogP contribution in [0.15, 0.2) is 18.2 Å². The van der Waals surface area contributed by atoms with Gasteiger partial charge in [-0.2, -0.15) is 11.8 Å². The molecule has 1 heterocycles. The number of carboxylic acid groups (broad SMARTS) is 1. The fourth-order valence-electron chi connectivity index (χ4n) is 2.36. The predicted octanol–water partition coefficient (Wildman–Crippen LogP) is 1.27. The fourth-order valence-corrected chi connectivity index (χ4v) is 2.83. The fraction of sp³-hybridized carbons (Fsp3) is 0.467. The number of aliphatic carboxylic acids is 1. The van der Waals surface area contributed by atoms with E-state index in [4.69, 9.17) is 5.11 Å². The van der Waals surface area contributed by atoms with Crippen LogP contribution in [0.3, 0.4) is 0 Å². The summed E-state index contributed by atoms with van der Waals surface area (Å²) in [5, 5.41) is 15.0. The molecular weight excluding hydrogens is 288 g/mol. The van der Waals surface area contributed by atoms with Crippen molar-refractivity contribution in [3.63, 3.8) is 0 Å². The van der Waals surface area contributed by atoms with Gasteiger partial charge in [-0.15, -0.1) is 0 Å². The normalized spacial score (nSPS) is 15.1. The number of nitrogens with one attached hydrogen (secondary N) is 2. The van der Waals surface area contributed by atoms with Crippen LogP contribution in [-0.2, 0) is 17.8 Å². The molecule has 1 aromatic carbocycles. The molecule has 0 spiro atoms. The van der Waals surface area contributed by atoms with Gasteiger partial charge in [-0.1, -0.05) is 6.07 Å². The Morgan fingerprint density at radius 2 is 2.24 bits per heavy atom. The molecule has 1 amide bonds. The Labute approximate surface area is 128 Å². The number of benzene rings is 1. The van der Waals surface area contributed by atoms with Gasteiger partial charge in [-0.05, 0) is 54.7 Å². The number of carbonyl (C=O) groups excluding carboxylic acids is 1. The van der Waals surface area contributed by atoms with E-state index in [9.17, 15) is 9.59 Å². The smallest absolute Gasteiger partial charge is 0.326 e. The second-order valence-corrected chi connectivity index (χ2v) is 6.04. The van der Waals surface area contributed by atoms with Crippen LogP contribution in [0.2, 0.25) is 0 Å². The molecule has 0 saturated heterocycles. The summed E-state index contributed by atoms with van der Waals surface area (Å²) in [4.78, 5) is 23.4. The van der Waals surface area contributed by atoms with Gasteiger partial charge in [0.05, 0.1) is 0 Å². The average molecular weight is 308 g/mol. The van der Waals surface area contributed by atoms with E-state index in [0.29, 0.717) is 17.7 Å². The molecule has 2 rings (SSSR count). The van der Waals surface area contributed by atoms with Crippen LogP contribution in [-0.4, -0.2) is 41.6 Å². The van der Waals surface area contributed by atoms with Gasteiger partial charge in [0.25, 0.3) is 5.91 Å². The molecular formula is C15H20N2O3S. The Morgan fingerprint density at radius 3 is 2.95 bits per heavy atom. The topological polar surface area (TPSA) is 78.4 Å². The zero-order valence-electron chi connectivity index (χ0n) is 12.0. The summed E-state index contributed by atoms with van der Waals surface area (Å²) < 4.78 is 0. The minimum absolute atomic E-state index is 0.322. The van der Waals surface area contributed by atoms with Crippen molar-refractivity contribution in [2.45, 2.75) is 25.4 Å². The van der Waals surface area contributed by atoms with Crippen molar-refractivity contribution >= 4 is 23.6 Å². The summed E-state index contributed by atoms with van der Waals surface area (Å²) in [6.07, 6.45) is 3.30. The van der Waals surface area contributed by atoms with E-state index in [1.165, 1.54) is 5.56 Å². The van der Waals surface area contributed by atoms with E-state index >= 15 is 0 Å². The van der Waals surface area contributed by atoms with Crippen molar-refractivity contribution in [2.75, 3.05) is 18.6 Å². The largest absolute Gasteiger partial charge is 0.480 e. The quantitative estimate of drug-likeness (QED) is 0.737. The first kappa shape index (κ1) is 15.9. The van der Waals surface area contributed by atoms with Crippen LogP contribution in [0.1, 0.15) is 27.9 Å². The number of thioether (sulfide) groups is 1. The van der Waals surface area contributed by atoms with Crippen LogP contribution >= 0.6 is 11.8 Å². The summed E-state index contributed by atoms with van der Waals surface area (Å²) in [5.41, 5.74) is 2.89. The Hall–Kier alpha value is -1.53. The Morgan fingerprint density at radius 1 is 1.43 bits per heavy atom. The zero-order chi connectivity index (χ0) is 15.2. The van der Waals surface area contributed by atoms with Crippen LogP contribution in [0.5, 0.6) is 0 Å². The number of carbonyl (C=O) groups is 2. The molecule has 5 nitrogen and oxygen atoms in total. The zero-order valence-corrected chi connectivity index (χ0v) is 12.8. The molecule has 0 aromatic heterocycles. The average Bonchev–Trinajstić information content (AvgIpc) is 2.50. The van der Waals surface area contributed by atoms with Gasteiger partial charge < -0.3 is 15.7 Å². The van der Waals surface area contributed by atoms with Gasteiger partial charge in [-0.3, -0.25) is 4.79 Å². The Kier molecular flexibility index (Phi) is 5.64. The van der Waals surface area contributed by atoms with Crippen molar-refractivity contribution in [2.24, 2.45) is 0 Å². The minimum Gasteiger partial charge on any atom is -0.480 e. The molecule has 0 bridgehead atoms. The highest BCUT2D eigenvalue weighted by Gasteiger charge is 2.21. The molecule has 0 aliphatic carbocycles. The summed E-state index contributed by atoms with van der Waals surface area (Å²) in [6.45, 7) is 1.71. The van der Waals surface area contributed by atoms with Gasteiger partial charge in [0.15, 0.2) is 0 Å². The molecule has 1 aliphatic rings. The van der Waals surface area contributed by atoms with Crippen LogP contribution in [0.4, 0.5) is 0 Å². The number of fused-ring (bicyclic) bond motifs is 1. The third kappa shape index (κ3) is 4.22. The van der Waals surface area contributed by atoms with Gasteiger partial charge in [-0.25, -0.2) is 4.79 Å². The molecule has 114 valence electrons. The molecule has 0 unspecified atom stereocenters. The highest BCUT2D eigenvalue weighted by molar-refractivity contribution is 7.98. The van der Waals surface area contributed by atoms with Gasteiger partial charge in [0.2, 0.25) is 0 Å². The van der Waals surface area contributed by atoms with Crippen molar-refractivity contribution in [3.8, 4) is 0 Å². The lowest BCUT2D eigenvalue weighted by molar-refractivity contribution is -0.139. The Balaban J connectivity index is 2.06. The second-order valence-electron chi connectivity index (χ2n) is 5.06. The van der Waals surface area contributed by atoms with Crippen molar-refractivity contribution in [1.29, 1.82) is 0 Å². The van der Waals surface area contributed by atoms with Crippen LogP contribution in [0, 0.1) is 0 Å². The maximum atomic E-state index is 12.2. The highest BCUT2D eigenvalue weighted by Crippen LogP contribution is 2.16. The van der Waals surface area contributed by atoms with Crippen LogP contribution < -0.4 is 10.6 Å². The minimum atomic E-state index is -0.989. The van der Waals surface area contributed by atoms with Crippen molar-refractivity contribution in [3.05, 3.63) is 34.9 Å². The van der Waals surface area contributed by atoms with E-state index < -0.39 is 12.0 Å². The van der Waals surface area contributed by atoms with E-state index in [0.717, 1.165) is 25.1 Å².